The van der Waals surface area contributed by atoms with E-state index < -0.39 is 12.0 Å². The second kappa shape index (κ2) is 7.28. The topological polar surface area (TPSA) is 52.6 Å². The quantitative estimate of drug-likeness (QED) is 0.323. The molecular formula is C24H16FIN2O2. The Morgan fingerprint density at radius 3 is 2.63 bits per heavy atom. The number of anilines is 2. The van der Waals surface area contributed by atoms with Crippen molar-refractivity contribution >= 4 is 50.6 Å². The molecule has 6 heteroatoms. The Bertz CT molecular complexity index is 1310. The number of nitrogens with zero attached hydrogens (tertiary/aromatic N) is 1. The van der Waals surface area contributed by atoms with Gasteiger partial charge < -0.3 is 10.4 Å². The number of hydrogen-bond donors (Lipinski definition) is 2. The molecule has 4 aromatic carbocycles. The van der Waals surface area contributed by atoms with E-state index >= 15 is 0 Å². The predicted molar refractivity (Wildman–Crippen MR) is 124 cm³/mol. The van der Waals surface area contributed by atoms with Gasteiger partial charge in [0.05, 0.1) is 5.56 Å². The van der Waals surface area contributed by atoms with Gasteiger partial charge in [0.1, 0.15) is 17.7 Å². The van der Waals surface area contributed by atoms with Crippen molar-refractivity contribution in [2.45, 2.75) is 6.17 Å². The number of carbonyl (C=O) groups is 1. The fourth-order valence-electron chi connectivity index (χ4n) is 3.94. The van der Waals surface area contributed by atoms with Gasteiger partial charge in [-0.1, -0.05) is 36.4 Å². The third-order valence-corrected chi connectivity index (χ3v) is 5.96. The lowest BCUT2D eigenvalue weighted by Crippen LogP contribution is -2.43. The van der Waals surface area contributed by atoms with Crippen molar-refractivity contribution in [3.8, 4) is 5.75 Å². The molecule has 4 nitrogen and oxygen atoms in total. The minimum absolute atomic E-state index is 0.0642. The number of halogens is 2. The summed E-state index contributed by atoms with van der Waals surface area (Å²) < 4.78 is 15.0. The number of aromatic hydroxyl groups is 1. The zero-order valence-corrected chi connectivity index (χ0v) is 17.8. The summed E-state index contributed by atoms with van der Waals surface area (Å²) in [5.74, 6) is -0.630. The lowest BCUT2D eigenvalue weighted by Gasteiger charge is -2.39. The maximum atomic E-state index is 14.1. The molecule has 1 amide bonds. The van der Waals surface area contributed by atoms with E-state index in [9.17, 15) is 14.3 Å². The monoisotopic (exact) mass is 510 g/mol. The zero-order chi connectivity index (χ0) is 20.8. The first-order valence-corrected chi connectivity index (χ1v) is 10.5. The molecule has 0 bridgehead atoms. The number of phenolic OH excluding ortho intramolecular Hbond substituents is 1. The van der Waals surface area contributed by atoms with Crippen LogP contribution in [0.1, 0.15) is 22.1 Å². The second-order valence-corrected chi connectivity index (χ2v) is 8.36. The largest absolute Gasteiger partial charge is 0.507 e. The minimum atomic E-state index is -0.710. The molecule has 0 saturated carbocycles. The molecule has 5 rings (SSSR count). The fourth-order valence-corrected chi connectivity index (χ4v) is 4.43. The van der Waals surface area contributed by atoms with Gasteiger partial charge in [-0.25, -0.2) is 4.39 Å². The van der Waals surface area contributed by atoms with E-state index in [0.717, 1.165) is 14.3 Å². The molecule has 1 heterocycles. The Labute approximate surface area is 186 Å². The first-order valence-electron chi connectivity index (χ1n) is 9.39. The Morgan fingerprint density at radius 2 is 1.80 bits per heavy atom. The van der Waals surface area contributed by atoms with Gasteiger partial charge in [-0.3, -0.25) is 9.69 Å². The van der Waals surface area contributed by atoms with Crippen LogP contribution in [0.25, 0.3) is 10.8 Å². The van der Waals surface area contributed by atoms with Gasteiger partial charge in [0.15, 0.2) is 0 Å². The molecule has 1 atom stereocenters. The highest BCUT2D eigenvalue weighted by Crippen LogP contribution is 2.42. The molecule has 148 valence electrons. The summed E-state index contributed by atoms with van der Waals surface area (Å²) in [5.41, 5.74) is 2.15. The van der Waals surface area contributed by atoms with E-state index in [0.29, 0.717) is 22.5 Å². The van der Waals surface area contributed by atoms with E-state index in [1.54, 1.807) is 24.3 Å². The lowest BCUT2D eigenvalue weighted by atomic mass is 9.97. The molecule has 1 aliphatic rings. The van der Waals surface area contributed by atoms with Crippen LogP contribution in [0.4, 0.5) is 15.8 Å². The van der Waals surface area contributed by atoms with Gasteiger partial charge in [0.2, 0.25) is 0 Å². The summed E-state index contributed by atoms with van der Waals surface area (Å²) in [6, 6.07) is 22.6. The number of phenols is 1. The third kappa shape index (κ3) is 3.08. The molecule has 1 aliphatic heterocycles. The number of fused-ring (bicyclic) bond motifs is 2. The van der Waals surface area contributed by atoms with Crippen LogP contribution in [0.5, 0.6) is 5.75 Å². The van der Waals surface area contributed by atoms with Crippen LogP contribution in [0.2, 0.25) is 0 Å². The van der Waals surface area contributed by atoms with Gasteiger partial charge >= 0.3 is 0 Å². The summed E-state index contributed by atoms with van der Waals surface area (Å²) in [7, 11) is 0. The SMILES string of the molecule is O=C1c2cc(I)ccc2NC(c2c(O)ccc3ccccc23)N1c1cccc(F)c1. The Balaban J connectivity index is 1.78. The summed E-state index contributed by atoms with van der Waals surface area (Å²) in [5, 5.41) is 16.0. The number of carbonyl (C=O) groups excluding carboxylic acids is 1. The maximum Gasteiger partial charge on any atom is 0.262 e. The highest BCUT2D eigenvalue weighted by molar-refractivity contribution is 14.1. The van der Waals surface area contributed by atoms with Crippen molar-refractivity contribution in [2.75, 3.05) is 10.2 Å². The number of rotatable bonds is 2. The molecule has 30 heavy (non-hydrogen) atoms. The van der Waals surface area contributed by atoms with Crippen molar-refractivity contribution in [1.82, 2.24) is 0 Å². The van der Waals surface area contributed by atoms with Crippen LogP contribution in [0.15, 0.2) is 78.9 Å². The Kier molecular flexibility index (Phi) is 4.58. The van der Waals surface area contributed by atoms with Crippen molar-refractivity contribution in [3.63, 3.8) is 0 Å². The van der Waals surface area contributed by atoms with Gasteiger partial charge in [0, 0.05) is 20.5 Å². The van der Waals surface area contributed by atoms with Gasteiger partial charge in [-0.15, -0.1) is 0 Å². The fraction of sp³-hybridized carbons (Fsp3) is 0.0417. The van der Waals surface area contributed by atoms with Crippen LogP contribution in [0, 0.1) is 9.39 Å². The maximum absolute atomic E-state index is 14.1. The van der Waals surface area contributed by atoms with E-state index in [1.807, 2.05) is 42.5 Å². The van der Waals surface area contributed by atoms with E-state index in [4.69, 9.17) is 0 Å². The summed E-state index contributed by atoms with van der Waals surface area (Å²) in [6.45, 7) is 0. The molecule has 0 saturated heterocycles. The first kappa shape index (κ1) is 18.9. The normalized spacial score (nSPS) is 15.7. The average Bonchev–Trinajstić information content (AvgIpc) is 2.74. The Hall–Kier alpha value is -3.13. The number of amides is 1. The number of hydrogen-bond acceptors (Lipinski definition) is 3. The van der Waals surface area contributed by atoms with Crippen molar-refractivity contribution in [2.24, 2.45) is 0 Å². The molecule has 0 fully saturated rings. The van der Waals surface area contributed by atoms with Crippen LogP contribution < -0.4 is 10.2 Å². The molecule has 0 aromatic heterocycles. The first-order chi connectivity index (χ1) is 14.5. The molecular weight excluding hydrogens is 494 g/mol. The molecule has 0 spiro atoms. The average molecular weight is 510 g/mol. The molecule has 0 radical (unpaired) electrons. The molecule has 0 aliphatic carbocycles. The van der Waals surface area contributed by atoms with Crippen LogP contribution >= 0.6 is 22.6 Å². The second-order valence-electron chi connectivity index (χ2n) is 7.11. The van der Waals surface area contributed by atoms with Crippen LogP contribution in [-0.2, 0) is 0 Å². The van der Waals surface area contributed by atoms with E-state index in [-0.39, 0.29) is 11.7 Å². The molecule has 2 N–H and O–H groups in total. The predicted octanol–water partition coefficient (Wildman–Crippen LogP) is 6.06. The lowest BCUT2D eigenvalue weighted by molar-refractivity contribution is 0.0975. The van der Waals surface area contributed by atoms with Crippen molar-refractivity contribution in [1.29, 1.82) is 0 Å². The molecule has 1 unspecified atom stereocenters. The summed E-state index contributed by atoms with van der Waals surface area (Å²) in [6.07, 6.45) is -0.710. The minimum Gasteiger partial charge on any atom is -0.507 e. The van der Waals surface area contributed by atoms with Gasteiger partial charge in [0.25, 0.3) is 5.91 Å². The highest BCUT2D eigenvalue weighted by atomic mass is 127. The van der Waals surface area contributed by atoms with Gasteiger partial charge in [-0.05, 0) is 75.8 Å². The van der Waals surface area contributed by atoms with E-state index in [2.05, 4.69) is 27.9 Å². The number of benzene rings is 4. The standard InChI is InChI=1S/C24H16FIN2O2/c25-15-5-3-6-17(12-15)28-23(27-20-10-9-16(26)13-19(20)24(28)30)22-18-7-2-1-4-14(18)8-11-21(22)29/h1-13,23,27,29H. The van der Waals surface area contributed by atoms with E-state index in [1.165, 1.54) is 17.0 Å². The summed E-state index contributed by atoms with van der Waals surface area (Å²) in [4.78, 5) is 15.1. The van der Waals surface area contributed by atoms with Crippen molar-refractivity contribution < 1.29 is 14.3 Å². The highest BCUT2D eigenvalue weighted by Gasteiger charge is 2.36. The number of nitrogens with one attached hydrogen (secondary N) is 1. The van der Waals surface area contributed by atoms with Gasteiger partial charge in [-0.2, -0.15) is 0 Å². The Morgan fingerprint density at radius 1 is 0.967 bits per heavy atom. The third-order valence-electron chi connectivity index (χ3n) is 5.29. The summed E-state index contributed by atoms with van der Waals surface area (Å²) >= 11 is 2.16. The zero-order valence-electron chi connectivity index (χ0n) is 15.6. The molecule has 4 aromatic rings. The van der Waals surface area contributed by atoms with Crippen molar-refractivity contribution in [3.05, 3.63) is 99.4 Å². The smallest absolute Gasteiger partial charge is 0.262 e. The van der Waals surface area contributed by atoms with Crippen LogP contribution in [-0.4, -0.2) is 11.0 Å². The van der Waals surface area contributed by atoms with Crippen LogP contribution in [0.3, 0.4) is 0 Å².